The summed E-state index contributed by atoms with van der Waals surface area (Å²) < 4.78 is 5.28. The van der Waals surface area contributed by atoms with E-state index in [9.17, 15) is 4.79 Å². The molecule has 19 heavy (non-hydrogen) atoms. The Labute approximate surface area is 116 Å². The third kappa shape index (κ3) is 3.29. The lowest BCUT2D eigenvalue weighted by atomic mass is 9.74. The van der Waals surface area contributed by atoms with Crippen LogP contribution in [0.1, 0.15) is 46.5 Å². The number of nitrogens with two attached hydrogens (primary N) is 1. The van der Waals surface area contributed by atoms with E-state index in [0.717, 1.165) is 6.42 Å². The molecule has 1 amide bonds. The number of hydrogen-bond donors (Lipinski definition) is 2. The molecule has 0 aromatic rings. The number of carbonyl (C=O) groups is 1. The zero-order valence-electron chi connectivity index (χ0n) is 12.4. The van der Waals surface area contributed by atoms with Gasteiger partial charge in [-0.1, -0.05) is 27.2 Å². The minimum atomic E-state index is -0.803. The van der Waals surface area contributed by atoms with E-state index in [4.69, 9.17) is 10.5 Å². The van der Waals surface area contributed by atoms with Crippen molar-refractivity contribution >= 4 is 5.91 Å². The molecular formula is C15H28N2O2. The van der Waals surface area contributed by atoms with Gasteiger partial charge >= 0.3 is 0 Å². The van der Waals surface area contributed by atoms with Crippen LogP contribution in [0.15, 0.2) is 0 Å². The van der Waals surface area contributed by atoms with E-state index < -0.39 is 5.54 Å². The van der Waals surface area contributed by atoms with E-state index in [1.807, 2.05) is 0 Å². The van der Waals surface area contributed by atoms with Crippen LogP contribution in [0, 0.1) is 17.8 Å². The minimum Gasteiger partial charge on any atom is -0.379 e. The fraction of sp³-hybridized carbons (Fsp3) is 0.933. The average Bonchev–Trinajstić information content (AvgIpc) is 2.77. The van der Waals surface area contributed by atoms with Crippen molar-refractivity contribution in [3.63, 3.8) is 0 Å². The predicted molar refractivity (Wildman–Crippen MR) is 75.6 cm³/mol. The molecule has 1 saturated carbocycles. The molecule has 2 rings (SSSR count). The van der Waals surface area contributed by atoms with Gasteiger partial charge < -0.3 is 15.8 Å². The highest BCUT2D eigenvalue weighted by Gasteiger charge is 2.41. The van der Waals surface area contributed by atoms with Crippen molar-refractivity contribution in [3.8, 4) is 0 Å². The molecule has 110 valence electrons. The molecule has 1 saturated heterocycles. The first-order valence-electron chi connectivity index (χ1n) is 7.60. The zero-order valence-corrected chi connectivity index (χ0v) is 12.4. The molecular weight excluding hydrogens is 240 g/mol. The number of amides is 1. The summed E-state index contributed by atoms with van der Waals surface area (Å²) in [4.78, 5) is 12.4. The van der Waals surface area contributed by atoms with Gasteiger partial charge in [-0.25, -0.2) is 0 Å². The second kappa shape index (κ2) is 5.80. The Bertz CT molecular complexity index is 324. The van der Waals surface area contributed by atoms with Crippen LogP contribution in [0.5, 0.6) is 0 Å². The van der Waals surface area contributed by atoms with Gasteiger partial charge in [0.1, 0.15) is 5.54 Å². The molecule has 0 bridgehead atoms. The van der Waals surface area contributed by atoms with Crippen LogP contribution in [-0.4, -0.2) is 30.7 Å². The summed E-state index contributed by atoms with van der Waals surface area (Å²) in [7, 11) is 0. The van der Waals surface area contributed by atoms with E-state index in [0.29, 0.717) is 37.4 Å². The lowest BCUT2D eigenvalue weighted by Crippen LogP contribution is -2.58. The molecule has 0 spiro atoms. The third-order valence-corrected chi connectivity index (χ3v) is 4.84. The lowest BCUT2D eigenvalue weighted by Gasteiger charge is -2.39. The SMILES string of the molecule is CC1CCC(C(C)C)C(NC(=O)C2(N)CCOC2)C1. The molecule has 0 aromatic carbocycles. The molecule has 4 atom stereocenters. The highest BCUT2D eigenvalue weighted by Crippen LogP contribution is 2.33. The van der Waals surface area contributed by atoms with Gasteiger partial charge in [0, 0.05) is 12.6 Å². The minimum absolute atomic E-state index is 0.0187. The van der Waals surface area contributed by atoms with Crippen molar-refractivity contribution in [2.75, 3.05) is 13.2 Å². The standard InChI is InChI=1S/C15H28N2O2/c1-10(2)12-5-4-11(3)8-13(12)17-14(18)15(16)6-7-19-9-15/h10-13H,4-9,16H2,1-3H3,(H,17,18). The summed E-state index contributed by atoms with van der Waals surface area (Å²) in [5.41, 5.74) is 5.34. The van der Waals surface area contributed by atoms with Crippen LogP contribution in [0.25, 0.3) is 0 Å². The molecule has 1 heterocycles. The summed E-state index contributed by atoms with van der Waals surface area (Å²) in [5, 5.41) is 3.22. The van der Waals surface area contributed by atoms with E-state index in [2.05, 4.69) is 26.1 Å². The maximum atomic E-state index is 12.4. The molecule has 4 nitrogen and oxygen atoms in total. The Morgan fingerprint density at radius 3 is 2.74 bits per heavy atom. The van der Waals surface area contributed by atoms with E-state index >= 15 is 0 Å². The van der Waals surface area contributed by atoms with Crippen molar-refractivity contribution in [2.45, 2.75) is 58.0 Å². The van der Waals surface area contributed by atoms with Crippen molar-refractivity contribution < 1.29 is 9.53 Å². The second-order valence-corrected chi connectivity index (χ2v) is 6.86. The Balaban J connectivity index is 2.00. The molecule has 2 fully saturated rings. The molecule has 0 radical (unpaired) electrons. The van der Waals surface area contributed by atoms with Crippen molar-refractivity contribution in [1.29, 1.82) is 0 Å². The first-order valence-corrected chi connectivity index (χ1v) is 7.60. The molecule has 4 heteroatoms. The van der Waals surface area contributed by atoms with E-state index in [-0.39, 0.29) is 11.9 Å². The van der Waals surface area contributed by atoms with Gasteiger partial charge in [0.25, 0.3) is 0 Å². The molecule has 1 aliphatic carbocycles. The number of hydrogen-bond acceptors (Lipinski definition) is 3. The summed E-state index contributed by atoms with van der Waals surface area (Å²) >= 11 is 0. The smallest absolute Gasteiger partial charge is 0.242 e. The molecule has 2 aliphatic rings. The maximum absolute atomic E-state index is 12.4. The average molecular weight is 268 g/mol. The molecule has 1 aliphatic heterocycles. The van der Waals surface area contributed by atoms with Crippen molar-refractivity contribution in [1.82, 2.24) is 5.32 Å². The number of rotatable bonds is 3. The lowest BCUT2D eigenvalue weighted by molar-refractivity contribution is -0.128. The highest BCUT2D eigenvalue weighted by atomic mass is 16.5. The monoisotopic (exact) mass is 268 g/mol. The van der Waals surface area contributed by atoms with Crippen LogP contribution in [0.2, 0.25) is 0 Å². The Morgan fingerprint density at radius 1 is 1.42 bits per heavy atom. The van der Waals surface area contributed by atoms with Gasteiger partial charge in [-0.05, 0) is 37.0 Å². The van der Waals surface area contributed by atoms with Crippen LogP contribution in [0.4, 0.5) is 0 Å². The third-order valence-electron chi connectivity index (χ3n) is 4.84. The van der Waals surface area contributed by atoms with Crippen molar-refractivity contribution in [3.05, 3.63) is 0 Å². The second-order valence-electron chi connectivity index (χ2n) is 6.86. The topological polar surface area (TPSA) is 64.4 Å². The Morgan fingerprint density at radius 2 is 2.16 bits per heavy atom. The van der Waals surface area contributed by atoms with Crippen molar-refractivity contribution in [2.24, 2.45) is 23.5 Å². The first kappa shape index (κ1) is 14.8. The molecule has 3 N–H and O–H groups in total. The fourth-order valence-corrected chi connectivity index (χ4v) is 3.44. The highest BCUT2D eigenvalue weighted by molar-refractivity contribution is 5.86. The first-order chi connectivity index (χ1) is 8.92. The van der Waals surface area contributed by atoms with Gasteiger partial charge in [-0.2, -0.15) is 0 Å². The van der Waals surface area contributed by atoms with Gasteiger partial charge in [-0.3, -0.25) is 4.79 Å². The number of nitrogens with one attached hydrogen (secondary N) is 1. The summed E-state index contributed by atoms with van der Waals surface area (Å²) in [6, 6.07) is 0.275. The van der Waals surface area contributed by atoms with E-state index in [1.54, 1.807) is 0 Å². The van der Waals surface area contributed by atoms with Gasteiger partial charge in [0.2, 0.25) is 5.91 Å². The number of carbonyl (C=O) groups excluding carboxylic acids is 1. The zero-order chi connectivity index (χ0) is 14.0. The maximum Gasteiger partial charge on any atom is 0.242 e. The largest absolute Gasteiger partial charge is 0.379 e. The fourth-order valence-electron chi connectivity index (χ4n) is 3.44. The van der Waals surface area contributed by atoms with Crippen LogP contribution in [-0.2, 0) is 9.53 Å². The number of ether oxygens (including phenoxy) is 1. The van der Waals surface area contributed by atoms with Gasteiger partial charge in [0.15, 0.2) is 0 Å². The van der Waals surface area contributed by atoms with Gasteiger partial charge in [-0.15, -0.1) is 0 Å². The normalized spacial score (nSPS) is 39.5. The Hall–Kier alpha value is -0.610. The van der Waals surface area contributed by atoms with Gasteiger partial charge in [0.05, 0.1) is 6.61 Å². The van der Waals surface area contributed by atoms with E-state index in [1.165, 1.54) is 12.8 Å². The predicted octanol–water partition coefficient (Wildman–Crippen LogP) is 1.68. The summed E-state index contributed by atoms with van der Waals surface area (Å²) in [5.74, 6) is 1.85. The quantitative estimate of drug-likeness (QED) is 0.818. The Kier molecular flexibility index (Phi) is 4.51. The van der Waals surface area contributed by atoms with Crippen LogP contribution >= 0.6 is 0 Å². The molecule has 0 aromatic heterocycles. The van der Waals surface area contributed by atoms with Crippen LogP contribution in [0.3, 0.4) is 0 Å². The van der Waals surface area contributed by atoms with Crippen LogP contribution < -0.4 is 11.1 Å². The molecule has 4 unspecified atom stereocenters. The summed E-state index contributed by atoms with van der Waals surface area (Å²) in [6.45, 7) is 7.71. The summed E-state index contributed by atoms with van der Waals surface area (Å²) in [6.07, 6.45) is 4.18.